The number of benzene rings is 1. The minimum atomic E-state index is -0.0514. The van der Waals surface area contributed by atoms with E-state index in [1.165, 1.54) is 17.7 Å². The number of nitrogens with one attached hydrogen (secondary N) is 3. The predicted octanol–water partition coefficient (Wildman–Crippen LogP) is 2.62. The van der Waals surface area contributed by atoms with E-state index < -0.39 is 0 Å². The van der Waals surface area contributed by atoms with Gasteiger partial charge in [-0.05, 0) is 38.8 Å². The number of halogens is 1. The maximum Gasteiger partial charge on any atom is 0.241 e. The molecule has 1 saturated carbocycles. The van der Waals surface area contributed by atoms with Crippen molar-refractivity contribution >= 4 is 47.6 Å². The lowest BCUT2D eigenvalue weighted by Gasteiger charge is -2.18. The summed E-state index contributed by atoms with van der Waals surface area (Å²) in [5.74, 6) is 0.656. The second-order valence-electron chi connectivity index (χ2n) is 5.60. The number of guanidine groups is 1. The highest BCUT2D eigenvalue weighted by Crippen LogP contribution is 2.51. The van der Waals surface area contributed by atoms with Crippen LogP contribution in [0.15, 0.2) is 40.2 Å². The fourth-order valence-electron chi connectivity index (χ4n) is 2.18. The molecule has 0 bridgehead atoms. The predicted molar refractivity (Wildman–Crippen MR) is 112 cm³/mol. The van der Waals surface area contributed by atoms with Gasteiger partial charge in [-0.15, -0.1) is 35.7 Å². The molecule has 134 valence electrons. The van der Waals surface area contributed by atoms with Gasteiger partial charge in [0.05, 0.1) is 0 Å². The van der Waals surface area contributed by atoms with Crippen molar-refractivity contribution in [3.8, 4) is 0 Å². The summed E-state index contributed by atoms with van der Waals surface area (Å²) in [5.41, 5.74) is 0. The fourth-order valence-corrected chi connectivity index (χ4v) is 3.43. The van der Waals surface area contributed by atoms with Crippen LogP contribution in [-0.4, -0.2) is 42.8 Å². The molecule has 0 aromatic heterocycles. The largest absolute Gasteiger partial charge is 0.357 e. The van der Waals surface area contributed by atoms with Gasteiger partial charge in [0.2, 0.25) is 5.91 Å². The molecule has 0 radical (unpaired) electrons. The number of carbonyl (C=O) groups excluding carboxylic acids is 1. The molecule has 0 heterocycles. The van der Waals surface area contributed by atoms with E-state index in [-0.39, 0.29) is 41.2 Å². The first-order chi connectivity index (χ1) is 11.2. The van der Waals surface area contributed by atoms with Crippen LogP contribution >= 0.6 is 35.7 Å². The highest BCUT2D eigenvalue weighted by atomic mass is 127. The maximum atomic E-state index is 11.5. The van der Waals surface area contributed by atoms with Crippen LogP contribution in [0.3, 0.4) is 0 Å². The van der Waals surface area contributed by atoms with Crippen molar-refractivity contribution in [1.29, 1.82) is 0 Å². The zero-order valence-electron chi connectivity index (χ0n) is 14.3. The lowest BCUT2D eigenvalue weighted by Crippen LogP contribution is -2.42. The smallest absolute Gasteiger partial charge is 0.241 e. The first-order valence-electron chi connectivity index (χ1n) is 8.20. The third-order valence-electron chi connectivity index (χ3n) is 3.56. The standard InChI is InChI=1S/C17H26N4OS.HI/c1-3-18-15(22)12-20-16(19-4-2)21-13-17(10-11-17)23-14-8-6-5-7-9-14;/h5-9H,3-4,10-13H2,1-2H3,(H,18,22)(H2,19,20,21);1H. The molecule has 1 fully saturated rings. The molecule has 0 aliphatic heterocycles. The summed E-state index contributed by atoms with van der Waals surface area (Å²) in [6.07, 6.45) is 2.41. The summed E-state index contributed by atoms with van der Waals surface area (Å²) < 4.78 is 0.253. The summed E-state index contributed by atoms with van der Waals surface area (Å²) in [6.45, 7) is 6.35. The Bertz CT molecular complexity index is 535. The molecule has 0 atom stereocenters. The number of likely N-dealkylation sites (N-methyl/N-ethyl adjacent to an activating group) is 1. The Morgan fingerprint density at radius 2 is 1.79 bits per heavy atom. The number of aliphatic imine (C=N–C) groups is 1. The number of nitrogens with zero attached hydrogens (tertiary/aromatic N) is 1. The summed E-state index contributed by atoms with van der Waals surface area (Å²) >= 11 is 1.93. The van der Waals surface area contributed by atoms with E-state index in [2.05, 4.69) is 45.2 Å². The van der Waals surface area contributed by atoms with E-state index >= 15 is 0 Å². The van der Waals surface area contributed by atoms with E-state index in [1.54, 1.807) is 0 Å². The second-order valence-corrected chi connectivity index (χ2v) is 7.14. The molecule has 5 nitrogen and oxygen atoms in total. The Morgan fingerprint density at radius 1 is 1.12 bits per heavy atom. The van der Waals surface area contributed by atoms with Crippen molar-refractivity contribution in [3.05, 3.63) is 30.3 Å². The van der Waals surface area contributed by atoms with Gasteiger partial charge in [0.15, 0.2) is 5.96 Å². The zero-order chi connectivity index (χ0) is 16.5. The molecule has 2 rings (SSSR count). The summed E-state index contributed by atoms with van der Waals surface area (Å²) in [6, 6.07) is 10.5. The minimum absolute atomic E-state index is 0. The van der Waals surface area contributed by atoms with E-state index in [0.29, 0.717) is 12.5 Å². The van der Waals surface area contributed by atoms with Crippen molar-refractivity contribution < 1.29 is 4.79 Å². The number of thioether (sulfide) groups is 1. The lowest BCUT2D eigenvalue weighted by molar-refractivity contribution is -0.119. The monoisotopic (exact) mass is 462 g/mol. The van der Waals surface area contributed by atoms with Crippen LogP contribution in [-0.2, 0) is 4.79 Å². The molecule has 1 aliphatic rings. The van der Waals surface area contributed by atoms with Crippen molar-refractivity contribution in [2.24, 2.45) is 4.99 Å². The van der Waals surface area contributed by atoms with Crippen molar-refractivity contribution in [1.82, 2.24) is 16.0 Å². The van der Waals surface area contributed by atoms with Gasteiger partial charge in [0, 0.05) is 29.3 Å². The van der Waals surface area contributed by atoms with Crippen molar-refractivity contribution in [2.75, 3.05) is 26.2 Å². The average Bonchev–Trinajstić information content (AvgIpc) is 3.31. The second kappa shape index (κ2) is 10.8. The fraction of sp³-hybridized carbons (Fsp3) is 0.529. The number of amides is 1. The quantitative estimate of drug-likeness (QED) is 0.316. The van der Waals surface area contributed by atoms with E-state index in [0.717, 1.165) is 13.1 Å². The van der Waals surface area contributed by atoms with Crippen LogP contribution in [0.25, 0.3) is 0 Å². The molecule has 1 amide bonds. The van der Waals surface area contributed by atoms with Gasteiger partial charge in [-0.2, -0.15) is 0 Å². The SMILES string of the molecule is CCNC(=O)CN=C(NCC)NCC1(Sc2ccccc2)CC1.I. The van der Waals surface area contributed by atoms with Crippen LogP contribution in [0.1, 0.15) is 26.7 Å². The Balaban J connectivity index is 0.00000288. The Hall–Kier alpha value is -0.960. The summed E-state index contributed by atoms with van der Waals surface area (Å²) in [4.78, 5) is 17.2. The third kappa shape index (κ3) is 7.29. The number of hydrogen-bond acceptors (Lipinski definition) is 3. The van der Waals surface area contributed by atoms with E-state index in [4.69, 9.17) is 0 Å². The van der Waals surface area contributed by atoms with Crippen molar-refractivity contribution in [2.45, 2.75) is 36.3 Å². The highest BCUT2D eigenvalue weighted by Gasteiger charge is 2.43. The van der Waals surface area contributed by atoms with E-state index in [9.17, 15) is 4.79 Å². The molecule has 1 aromatic carbocycles. The number of hydrogen-bond donors (Lipinski definition) is 3. The highest BCUT2D eigenvalue weighted by molar-refractivity contribution is 14.0. The normalized spacial score (nSPS) is 15.2. The summed E-state index contributed by atoms with van der Waals surface area (Å²) in [5, 5.41) is 9.33. The molecule has 0 spiro atoms. The average molecular weight is 462 g/mol. The molecule has 0 saturated heterocycles. The molecule has 1 aromatic rings. The van der Waals surface area contributed by atoms with Gasteiger partial charge < -0.3 is 16.0 Å². The molecule has 7 heteroatoms. The first kappa shape index (κ1) is 21.1. The van der Waals surface area contributed by atoms with Crippen LogP contribution in [0, 0.1) is 0 Å². The minimum Gasteiger partial charge on any atom is -0.357 e. The molecular weight excluding hydrogens is 435 g/mol. The molecule has 0 unspecified atom stereocenters. The van der Waals surface area contributed by atoms with Gasteiger partial charge in [-0.25, -0.2) is 4.99 Å². The van der Waals surface area contributed by atoms with Crippen molar-refractivity contribution in [3.63, 3.8) is 0 Å². The number of carbonyl (C=O) groups is 1. The van der Waals surface area contributed by atoms with E-state index in [1.807, 2.05) is 31.7 Å². The molecule has 24 heavy (non-hydrogen) atoms. The molecular formula is C17H27IN4OS. The molecule has 3 N–H and O–H groups in total. The van der Waals surface area contributed by atoms with Gasteiger partial charge in [-0.3, -0.25) is 4.79 Å². The Kier molecular flexibility index (Phi) is 9.50. The molecule has 1 aliphatic carbocycles. The third-order valence-corrected chi connectivity index (χ3v) is 5.06. The lowest BCUT2D eigenvalue weighted by atomic mass is 10.4. The first-order valence-corrected chi connectivity index (χ1v) is 9.02. The Labute approximate surface area is 165 Å². The Morgan fingerprint density at radius 3 is 2.38 bits per heavy atom. The van der Waals surface area contributed by atoms with Gasteiger partial charge >= 0.3 is 0 Å². The topological polar surface area (TPSA) is 65.5 Å². The van der Waals surface area contributed by atoms with Crippen LogP contribution in [0.4, 0.5) is 0 Å². The van der Waals surface area contributed by atoms with Crippen LogP contribution in [0.2, 0.25) is 0 Å². The maximum absolute atomic E-state index is 11.5. The van der Waals surface area contributed by atoms with Gasteiger partial charge in [0.25, 0.3) is 0 Å². The van der Waals surface area contributed by atoms with Crippen LogP contribution < -0.4 is 16.0 Å². The van der Waals surface area contributed by atoms with Gasteiger partial charge in [-0.1, -0.05) is 18.2 Å². The number of rotatable bonds is 8. The summed E-state index contributed by atoms with van der Waals surface area (Å²) in [7, 11) is 0. The van der Waals surface area contributed by atoms with Gasteiger partial charge in [0.1, 0.15) is 6.54 Å². The zero-order valence-corrected chi connectivity index (χ0v) is 17.4. The van der Waals surface area contributed by atoms with Crippen LogP contribution in [0.5, 0.6) is 0 Å².